The number of hydrogen-bond acceptors (Lipinski definition) is 5. The Hall–Kier alpha value is -2.27. The van der Waals surface area contributed by atoms with E-state index < -0.39 is 0 Å². The molecule has 2 aromatic rings. The molecule has 0 heterocycles. The van der Waals surface area contributed by atoms with Crippen LogP contribution in [0.25, 0.3) is 0 Å². The van der Waals surface area contributed by atoms with E-state index in [1.807, 2.05) is 26.0 Å². The monoisotopic (exact) mass is 449 g/mol. The number of carbonyl (C=O) groups is 1. The number of benzene rings is 2. The van der Waals surface area contributed by atoms with Gasteiger partial charge in [0.05, 0.1) is 0 Å². The van der Waals surface area contributed by atoms with E-state index in [2.05, 4.69) is 10.3 Å². The molecule has 0 bridgehead atoms. The number of anilines is 2. The maximum atomic E-state index is 12.5. The summed E-state index contributed by atoms with van der Waals surface area (Å²) < 4.78 is 1.65. The number of carbonyl (C=O) groups excluding carboxylic acids is 1. The third-order valence-corrected chi connectivity index (χ3v) is 6.64. The second-order valence-corrected chi connectivity index (χ2v) is 8.60. The molecule has 140 valence electrons. The molecule has 0 aliphatic heterocycles. The Balaban J connectivity index is 2.19. The van der Waals surface area contributed by atoms with Gasteiger partial charge in [0.1, 0.15) is 0 Å². The number of allylic oxidation sites excluding steroid dienone is 2. The number of rotatable bonds is 5. The molecule has 0 saturated heterocycles. The van der Waals surface area contributed by atoms with Gasteiger partial charge in [-0.15, -0.1) is 0 Å². The first-order chi connectivity index (χ1) is 13.0. The van der Waals surface area contributed by atoms with Crippen LogP contribution >= 0.6 is 11.6 Å². The summed E-state index contributed by atoms with van der Waals surface area (Å²) in [6, 6.07) is 7.20. The maximum absolute atomic E-state index is 12.5. The molecule has 0 atom stereocenters. The summed E-state index contributed by atoms with van der Waals surface area (Å²) in [7, 11) is 0. The fourth-order valence-electron chi connectivity index (χ4n) is 2.91. The summed E-state index contributed by atoms with van der Waals surface area (Å²) in [6.45, 7) is 5.10. The van der Waals surface area contributed by atoms with Gasteiger partial charge in [-0.3, -0.25) is 0 Å². The molecule has 0 fully saturated rings. The van der Waals surface area contributed by atoms with Gasteiger partial charge >= 0.3 is 170 Å². The van der Waals surface area contributed by atoms with Gasteiger partial charge in [0, 0.05) is 0 Å². The quantitative estimate of drug-likeness (QED) is 0.372. The van der Waals surface area contributed by atoms with Crippen molar-refractivity contribution < 1.29 is 9.90 Å². The molecule has 0 saturated carbocycles. The van der Waals surface area contributed by atoms with E-state index in [9.17, 15) is 9.90 Å². The standard InChI is InChI=1S/C20H20ClN3O2Se/c1-3-23-13-6-7-15(25)18-14(24-4-2)10-17(20(26)19(13)18)27-16-8-5-11(21)9-12(16)22/h5-10,24,26H,3-4,22H2,1-2H3. The van der Waals surface area contributed by atoms with Gasteiger partial charge in [-0.05, 0) is 0 Å². The van der Waals surface area contributed by atoms with Gasteiger partial charge < -0.3 is 0 Å². The molecule has 2 aromatic carbocycles. The third-order valence-electron chi connectivity index (χ3n) is 4.05. The Kier molecular flexibility index (Phi) is 5.90. The zero-order chi connectivity index (χ0) is 19.6. The van der Waals surface area contributed by atoms with Crippen molar-refractivity contribution in [1.29, 1.82) is 0 Å². The number of hydrogen-bond donors (Lipinski definition) is 3. The van der Waals surface area contributed by atoms with E-state index >= 15 is 0 Å². The molecule has 1 aliphatic rings. The molecule has 0 radical (unpaired) electrons. The fourth-order valence-corrected chi connectivity index (χ4v) is 5.04. The van der Waals surface area contributed by atoms with E-state index in [1.165, 1.54) is 6.08 Å². The summed E-state index contributed by atoms with van der Waals surface area (Å²) in [6.07, 6.45) is 3.16. The number of phenolic OH excluding ortho intramolecular Hbond substituents is 1. The number of nitrogens with two attached hydrogens (primary N) is 1. The number of nitrogen functional groups attached to an aromatic ring is 1. The van der Waals surface area contributed by atoms with Crippen molar-refractivity contribution in [2.75, 3.05) is 24.1 Å². The van der Waals surface area contributed by atoms with Gasteiger partial charge in [-0.1, -0.05) is 0 Å². The molecule has 0 spiro atoms. The first-order valence-corrected chi connectivity index (χ1v) is 10.7. The van der Waals surface area contributed by atoms with Gasteiger partial charge in [-0.25, -0.2) is 0 Å². The predicted molar refractivity (Wildman–Crippen MR) is 114 cm³/mol. The summed E-state index contributed by atoms with van der Waals surface area (Å²) >= 11 is 5.72. The second-order valence-electron chi connectivity index (χ2n) is 5.89. The van der Waals surface area contributed by atoms with Gasteiger partial charge in [0.2, 0.25) is 0 Å². The fraction of sp³-hybridized carbons (Fsp3) is 0.200. The Morgan fingerprint density at radius 2 is 1.96 bits per heavy atom. The summed E-state index contributed by atoms with van der Waals surface area (Å²) in [5.74, 6) is -0.0535. The van der Waals surface area contributed by atoms with Gasteiger partial charge in [0.25, 0.3) is 0 Å². The predicted octanol–water partition coefficient (Wildman–Crippen LogP) is 2.28. The Morgan fingerprint density at radius 3 is 2.63 bits per heavy atom. The molecule has 27 heavy (non-hydrogen) atoms. The van der Waals surface area contributed by atoms with Crippen molar-refractivity contribution in [3.63, 3.8) is 0 Å². The van der Waals surface area contributed by atoms with Crippen molar-refractivity contribution in [3.05, 3.63) is 52.6 Å². The van der Waals surface area contributed by atoms with Crippen LogP contribution in [0.4, 0.5) is 11.4 Å². The number of fused-ring (bicyclic) bond motifs is 1. The minimum absolute atomic E-state index is 0.0888. The van der Waals surface area contributed by atoms with Crippen LogP contribution in [0, 0.1) is 0 Å². The molecular weight excluding hydrogens is 429 g/mol. The van der Waals surface area contributed by atoms with Crippen LogP contribution in [-0.4, -0.2) is 44.6 Å². The number of aliphatic imine (C=N–C) groups is 1. The summed E-state index contributed by atoms with van der Waals surface area (Å²) in [4.78, 5) is 17.0. The topological polar surface area (TPSA) is 87.7 Å². The molecule has 7 heteroatoms. The van der Waals surface area contributed by atoms with Crippen LogP contribution in [0.1, 0.15) is 29.8 Å². The van der Waals surface area contributed by atoms with E-state index in [0.29, 0.717) is 46.3 Å². The van der Waals surface area contributed by atoms with Crippen LogP contribution in [0.2, 0.25) is 5.02 Å². The van der Waals surface area contributed by atoms with E-state index in [-0.39, 0.29) is 26.5 Å². The van der Waals surface area contributed by atoms with Crippen LogP contribution in [0.15, 0.2) is 41.4 Å². The third kappa shape index (κ3) is 3.88. The number of ketones is 1. The molecule has 0 amide bonds. The molecule has 3 rings (SSSR count). The molecule has 5 nitrogen and oxygen atoms in total. The van der Waals surface area contributed by atoms with Crippen molar-refractivity contribution in [1.82, 2.24) is 0 Å². The summed E-state index contributed by atoms with van der Waals surface area (Å²) in [5, 5.41) is 14.8. The van der Waals surface area contributed by atoms with Crippen molar-refractivity contribution in [3.8, 4) is 5.75 Å². The van der Waals surface area contributed by atoms with Crippen molar-refractivity contribution in [2.45, 2.75) is 13.8 Å². The Morgan fingerprint density at radius 1 is 1.19 bits per heavy atom. The number of halogens is 1. The van der Waals surface area contributed by atoms with Crippen LogP contribution < -0.4 is 20.0 Å². The van der Waals surface area contributed by atoms with Crippen LogP contribution in [0.5, 0.6) is 5.75 Å². The number of nitrogens with zero attached hydrogens (tertiary/aromatic N) is 1. The first-order valence-electron chi connectivity index (χ1n) is 8.60. The molecule has 0 unspecified atom stereocenters. The number of aromatic hydroxyl groups is 1. The molecular formula is C20H20ClN3O2Se. The average Bonchev–Trinajstić information content (AvgIpc) is 2.63. The zero-order valence-electron chi connectivity index (χ0n) is 15.0. The van der Waals surface area contributed by atoms with Crippen molar-refractivity contribution in [2.24, 2.45) is 4.99 Å². The Bertz CT molecular complexity index is 970. The number of phenols is 1. The van der Waals surface area contributed by atoms with E-state index in [4.69, 9.17) is 17.3 Å². The summed E-state index contributed by atoms with van der Waals surface area (Å²) in [5.41, 5.74) is 8.96. The van der Waals surface area contributed by atoms with E-state index in [1.54, 1.807) is 18.2 Å². The van der Waals surface area contributed by atoms with Crippen LogP contribution in [-0.2, 0) is 0 Å². The van der Waals surface area contributed by atoms with Gasteiger partial charge in [0.15, 0.2) is 0 Å². The Labute approximate surface area is 169 Å². The van der Waals surface area contributed by atoms with Crippen molar-refractivity contribution >= 4 is 58.4 Å². The van der Waals surface area contributed by atoms with Gasteiger partial charge in [-0.2, -0.15) is 0 Å². The zero-order valence-corrected chi connectivity index (χ0v) is 17.5. The SMILES string of the molecule is CCN=C1C=CC(=O)c2c(NCC)cc([Se]c3ccc(Cl)cc3N)c(O)c21. The molecule has 4 N–H and O–H groups in total. The molecule has 0 aromatic heterocycles. The molecule has 1 aliphatic carbocycles. The van der Waals surface area contributed by atoms with E-state index in [0.717, 1.165) is 8.92 Å². The first kappa shape index (κ1) is 19.5. The average molecular weight is 449 g/mol. The number of nitrogens with one attached hydrogen (secondary N) is 1. The van der Waals surface area contributed by atoms with Crippen LogP contribution in [0.3, 0.4) is 0 Å². The normalized spacial score (nSPS) is 14.5. The minimum atomic E-state index is -0.264. The second kappa shape index (κ2) is 8.17.